The van der Waals surface area contributed by atoms with Gasteiger partial charge in [-0.05, 0) is 24.1 Å². The Balaban J connectivity index is 2.75. The summed E-state index contributed by atoms with van der Waals surface area (Å²) < 4.78 is 0. The molecule has 14 heteroatoms. The van der Waals surface area contributed by atoms with Crippen molar-refractivity contribution in [2.75, 3.05) is 12.4 Å². The number of nitrogens with one attached hydrogen (secondary N) is 3. The Kier molecular flexibility index (Phi) is 11.8. The number of nitrogens with two attached hydrogens (primary N) is 2. The summed E-state index contributed by atoms with van der Waals surface area (Å²) in [5.41, 5.74) is 11.1. The Morgan fingerprint density at radius 2 is 1.44 bits per heavy atom. The van der Waals surface area contributed by atoms with Gasteiger partial charge in [0.1, 0.15) is 23.9 Å². The summed E-state index contributed by atoms with van der Waals surface area (Å²) in [6.07, 6.45) is -0.311. The zero-order valence-electron chi connectivity index (χ0n) is 18.1. The van der Waals surface area contributed by atoms with Crippen LogP contribution in [0.5, 0.6) is 5.75 Å². The van der Waals surface area contributed by atoms with Crippen LogP contribution in [-0.2, 0) is 30.4 Å². The summed E-state index contributed by atoms with van der Waals surface area (Å²) in [6, 6.07) is 0.492. The van der Waals surface area contributed by atoms with Crippen molar-refractivity contribution in [3.8, 4) is 5.75 Å². The standard InChI is InChI=1S/C20H29N5O8S/c21-12(5-6-16(22)28)17(29)24-14(8-26)18(30)25-15(9-34)19(31)23-13(20(32)33)7-10-1-3-11(27)4-2-10/h1-4,12-15,26-27,34H,5-9,21H2,(H2,22,28)(H,23,31)(H,24,29)(H,25,30)(H,32,33). The number of aliphatic carboxylic acids is 1. The second-order valence-electron chi connectivity index (χ2n) is 7.37. The predicted molar refractivity (Wildman–Crippen MR) is 123 cm³/mol. The fourth-order valence-corrected chi connectivity index (χ4v) is 2.97. The van der Waals surface area contributed by atoms with E-state index in [1.165, 1.54) is 24.3 Å². The van der Waals surface area contributed by atoms with Crippen molar-refractivity contribution in [3.63, 3.8) is 0 Å². The number of primary amides is 1. The number of carboxylic acids is 1. The van der Waals surface area contributed by atoms with E-state index in [0.717, 1.165) is 0 Å². The number of aliphatic hydroxyl groups is 1. The van der Waals surface area contributed by atoms with E-state index in [4.69, 9.17) is 11.5 Å². The second-order valence-corrected chi connectivity index (χ2v) is 7.73. The Morgan fingerprint density at radius 3 is 1.94 bits per heavy atom. The number of aliphatic hydroxyl groups excluding tert-OH is 1. The van der Waals surface area contributed by atoms with Gasteiger partial charge in [0.25, 0.3) is 0 Å². The van der Waals surface area contributed by atoms with Crippen molar-refractivity contribution < 1.29 is 39.3 Å². The number of rotatable bonds is 14. The molecule has 1 rings (SSSR count). The third kappa shape index (κ3) is 9.64. The van der Waals surface area contributed by atoms with E-state index < -0.39 is 60.4 Å². The number of aromatic hydroxyl groups is 1. The number of carbonyl (C=O) groups is 5. The largest absolute Gasteiger partial charge is 0.508 e. The maximum absolute atomic E-state index is 12.6. The normalized spacial score (nSPS) is 14.2. The van der Waals surface area contributed by atoms with E-state index in [1.54, 1.807) is 0 Å². The van der Waals surface area contributed by atoms with Crippen molar-refractivity contribution >= 4 is 42.2 Å². The van der Waals surface area contributed by atoms with Crippen LogP contribution in [0.3, 0.4) is 0 Å². The molecule has 0 aliphatic heterocycles. The molecule has 0 radical (unpaired) electrons. The number of hydrogen-bond acceptors (Lipinski definition) is 9. The first-order valence-corrected chi connectivity index (χ1v) is 10.8. The minimum Gasteiger partial charge on any atom is -0.508 e. The number of benzene rings is 1. The summed E-state index contributed by atoms with van der Waals surface area (Å²) in [5, 5.41) is 35.0. The molecule has 188 valence electrons. The van der Waals surface area contributed by atoms with Crippen molar-refractivity contribution in [1.29, 1.82) is 0 Å². The lowest BCUT2D eigenvalue weighted by Crippen LogP contribution is -2.58. The molecule has 1 aromatic rings. The summed E-state index contributed by atoms with van der Waals surface area (Å²) in [7, 11) is 0. The zero-order valence-corrected chi connectivity index (χ0v) is 19.0. The molecule has 0 aromatic heterocycles. The van der Waals surface area contributed by atoms with Crippen LogP contribution in [0.15, 0.2) is 24.3 Å². The van der Waals surface area contributed by atoms with E-state index >= 15 is 0 Å². The minimum absolute atomic E-state index is 0.00290. The van der Waals surface area contributed by atoms with E-state index in [-0.39, 0.29) is 30.8 Å². The number of amides is 4. The summed E-state index contributed by atoms with van der Waals surface area (Å²) in [4.78, 5) is 59.5. The number of carboxylic acid groups (broad SMARTS) is 1. The number of thiol groups is 1. The maximum atomic E-state index is 12.6. The van der Waals surface area contributed by atoms with Crippen LogP contribution < -0.4 is 27.4 Å². The average molecular weight is 500 g/mol. The van der Waals surface area contributed by atoms with Crippen LogP contribution in [-0.4, -0.2) is 81.4 Å². The quantitative estimate of drug-likeness (QED) is 0.118. The lowest BCUT2D eigenvalue weighted by Gasteiger charge is -2.23. The van der Waals surface area contributed by atoms with Gasteiger partial charge in [0.05, 0.1) is 12.6 Å². The highest BCUT2D eigenvalue weighted by molar-refractivity contribution is 7.80. The molecule has 0 heterocycles. The first-order valence-electron chi connectivity index (χ1n) is 10.2. The highest BCUT2D eigenvalue weighted by Crippen LogP contribution is 2.11. The molecule has 0 fully saturated rings. The van der Waals surface area contributed by atoms with Crippen molar-refractivity contribution in [2.24, 2.45) is 11.5 Å². The third-order valence-corrected chi connectivity index (χ3v) is 5.03. The van der Waals surface area contributed by atoms with Crippen LogP contribution in [0.4, 0.5) is 0 Å². The molecular weight excluding hydrogens is 470 g/mol. The van der Waals surface area contributed by atoms with E-state index in [1.807, 2.05) is 0 Å². The van der Waals surface area contributed by atoms with Crippen LogP contribution in [0, 0.1) is 0 Å². The molecule has 13 nitrogen and oxygen atoms in total. The number of hydrogen-bond donors (Lipinski definition) is 9. The first kappa shape index (κ1) is 28.7. The molecule has 0 spiro atoms. The number of carbonyl (C=O) groups excluding carboxylic acids is 4. The van der Waals surface area contributed by atoms with Crippen LogP contribution >= 0.6 is 12.6 Å². The maximum Gasteiger partial charge on any atom is 0.326 e. The van der Waals surface area contributed by atoms with E-state index in [2.05, 4.69) is 28.6 Å². The van der Waals surface area contributed by atoms with Gasteiger partial charge < -0.3 is 42.7 Å². The smallest absolute Gasteiger partial charge is 0.326 e. The minimum atomic E-state index is -1.46. The number of phenols is 1. The molecule has 0 saturated carbocycles. The average Bonchev–Trinajstić information content (AvgIpc) is 2.79. The van der Waals surface area contributed by atoms with Gasteiger partial charge in [-0.25, -0.2) is 4.79 Å². The Morgan fingerprint density at radius 1 is 0.912 bits per heavy atom. The Hall–Kier alpha value is -3.36. The van der Waals surface area contributed by atoms with Gasteiger partial charge in [0, 0.05) is 18.6 Å². The SMILES string of the molecule is NC(=O)CCC(N)C(=O)NC(CO)C(=O)NC(CS)C(=O)NC(Cc1ccc(O)cc1)C(=O)O. The molecule has 34 heavy (non-hydrogen) atoms. The summed E-state index contributed by atoms with van der Waals surface area (Å²) in [6.45, 7) is -0.820. The van der Waals surface area contributed by atoms with Gasteiger partial charge in [-0.2, -0.15) is 12.6 Å². The molecule has 1 aromatic carbocycles. The lowest BCUT2D eigenvalue weighted by atomic mass is 10.1. The van der Waals surface area contributed by atoms with Gasteiger partial charge in [-0.3, -0.25) is 19.2 Å². The lowest BCUT2D eigenvalue weighted by molar-refractivity contribution is -0.142. The highest BCUT2D eigenvalue weighted by Gasteiger charge is 2.29. The zero-order chi connectivity index (χ0) is 25.8. The van der Waals surface area contributed by atoms with Gasteiger partial charge >= 0.3 is 5.97 Å². The summed E-state index contributed by atoms with van der Waals surface area (Å²) >= 11 is 4.00. The molecule has 4 amide bonds. The Bertz CT molecular complexity index is 882. The molecule has 10 N–H and O–H groups in total. The van der Waals surface area contributed by atoms with Crippen LogP contribution in [0.25, 0.3) is 0 Å². The molecule has 4 unspecified atom stereocenters. The fourth-order valence-electron chi connectivity index (χ4n) is 2.71. The number of phenolic OH excluding ortho intramolecular Hbond substituents is 1. The third-order valence-electron chi connectivity index (χ3n) is 4.66. The second kappa shape index (κ2) is 14.0. The van der Waals surface area contributed by atoms with Crippen molar-refractivity contribution in [2.45, 2.75) is 43.4 Å². The van der Waals surface area contributed by atoms with Gasteiger partial charge in [-0.15, -0.1) is 0 Å². The molecule has 0 aliphatic carbocycles. The van der Waals surface area contributed by atoms with Crippen molar-refractivity contribution in [3.05, 3.63) is 29.8 Å². The topological polar surface area (TPSA) is 234 Å². The van der Waals surface area contributed by atoms with Crippen LogP contribution in [0.1, 0.15) is 18.4 Å². The van der Waals surface area contributed by atoms with Gasteiger partial charge in [0.15, 0.2) is 0 Å². The van der Waals surface area contributed by atoms with E-state index in [0.29, 0.717) is 5.56 Å². The predicted octanol–water partition coefficient (Wildman–Crippen LogP) is -3.01. The van der Waals surface area contributed by atoms with Gasteiger partial charge in [-0.1, -0.05) is 12.1 Å². The Labute approximate surface area is 200 Å². The molecule has 0 bridgehead atoms. The highest BCUT2D eigenvalue weighted by atomic mass is 32.1. The van der Waals surface area contributed by atoms with Crippen molar-refractivity contribution in [1.82, 2.24) is 16.0 Å². The molecule has 0 aliphatic rings. The molecule has 0 saturated heterocycles. The molecular formula is C20H29N5O8S. The fraction of sp³-hybridized carbons (Fsp3) is 0.450. The monoisotopic (exact) mass is 499 g/mol. The van der Waals surface area contributed by atoms with Gasteiger partial charge in [0.2, 0.25) is 23.6 Å². The first-order chi connectivity index (χ1) is 16.0. The van der Waals surface area contributed by atoms with E-state index in [9.17, 15) is 39.3 Å². The molecule has 4 atom stereocenters. The van der Waals surface area contributed by atoms with Crippen LogP contribution in [0.2, 0.25) is 0 Å². The summed E-state index contributed by atoms with van der Waals surface area (Å²) in [5.74, 6) is -4.80.